The first-order chi connectivity index (χ1) is 6.34. The maximum atomic E-state index is 11.9. The fraction of sp³-hybridized carbons (Fsp3) is 0.900. The summed E-state index contributed by atoms with van der Waals surface area (Å²) in [5.41, 5.74) is 0. The van der Waals surface area contributed by atoms with E-state index >= 15 is 0 Å². The van der Waals surface area contributed by atoms with Crippen molar-refractivity contribution in [2.75, 3.05) is 19.6 Å². The second-order valence-corrected chi connectivity index (χ2v) is 4.68. The maximum Gasteiger partial charge on any atom is 0.228 e. The van der Waals surface area contributed by atoms with Gasteiger partial charge in [0, 0.05) is 25.7 Å². The molecular weight excluding hydrogens is 164 g/mol. The molecular formula is C10H16N2O. The molecule has 3 fully saturated rings. The number of hydrogen-bond donors (Lipinski definition) is 1. The summed E-state index contributed by atoms with van der Waals surface area (Å²) < 4.78 is 0. The van der Waals surface area contributed by atoms with Gasteiger partial charge in [-0.25, -0.2) is 0 Å². The number of carbonyl (C=O) groups is 1. The predicted molar refractivity (Wildman–Crippen MR) is 49.2 cm³/mol. The molecule has 1 amide bonds. The Hall–Kier alpha value is -0.570. The van der Waals surface area contributed by atoms with Crippen LogP contribution in [0.5, 0.6) is 0 Å². The molecule has 2 aliphatic heterocycles. The number of hydrogen-bond acceptors (Lipinski definition) is 2. The molecule has 0 aromatic carbocycles. The molecule has 2 saturated heterocycles. The van der Waals surface area contributed by atoms with Crippen LogP contribution in [0.4, 0.5) is 0 Å². The van der Waals surface area contributed by atoms with Gasteiger partial charge in [0.15, 0.2) is 0 Å². The Labute approximate surface area is 78.5 Å². The van der Waals surface area contributed by atoms with Crippen LogP contribution in [-0.4, -0.2) is 36.5 Å². The average Bonchev–Trinajstić information content (AvgIpc) is 2.59. The molecule has 1 saturated carbocycles. The van der Waals surface area contributed by atoms with E-state index in [4.69, 9.17) is 0 Å². The fourth-order valence-corrected chi connectivity index (χ4v) is 2.89. The van der Waals surface area contributed by atoms with E-state index in [0.717, 1.165) is 25.6 Å². The lowest BCUT2D eigenvalue weighted by Gasteiger charge is -2.34. The van der Waals surface area contributed by atoms with Gasteiger partial charge in [-0.2, -0.15) is 0 Å². The van der Waals surface area contributed by atoms with Crippen LogP contribution in [-0.2, 0) is 4.79 Å². The molecule has 0 radical (unpaired) electrons. The SMILES string of the molecule is O=C(C1CNC1)N1C[C@H]2CC[C@H]1C2. The van der Waals surface area contributed by atoms with Crippen LogP contribution in [0, 0.1) is 11.8 Å². The fourth-order valence-electron chi connectivity index (χ4n) is 2.89. The zero-order valence-electron chi connectivity index (χ0n) is 7.83. The molecule has 0 unspecified atom stereocenters. The van der Waals surface area contributed by atoms with E-state index in [1.54, 1.807) is 0 Å². The van der Waals surface area contributed by atoms with Crippen molar-refractivity contribution in [3.8, 4) is 0 Å². The van der Waals surface area contributed by atoms with Crippen LogP contribution in [0.3, 0.4) is 0 Å². The van der Waals surface area contributed by atoms with E-state index in [2.05, 4.69) is 10.2 Å². The van der Waals surface area contributed by atoms with Crippen molar-refractivity contribution in [2.24, 2.45) is 11.8 Å². The summed E-state index contributed by atoms with van der Waals surface area (Å²) in [6, 6.07) is 0.609. The first-order valence-electron chi connectivity index (χ1n) is 5.36. The summed E-state index contributed by atoms with van der Waals surface area (Å²) in [4.78, 5) is 14.1. The number of nitrogens with zero attached hydrogens (tertiary/aromatic N) is 1. The highest BCUT2D eigenvalue weighted by Gasteiger charge is 2.42. The molecule has 2 bridgehead atoms. The second kappa shape index (κ2) is 2.71. The Morgan fingerprint density at radius 1 is 1.31 bits per heavy atom. The van der Waals surface area contributed by atoms with Gasteiger partial charge in [-0.3, -0.25) is 4.79 Å². The third-order valence-electron chi connectivity index (χ3n) is 3.82. The topological polar surface area (TPSA) is 32.3 Å². The highest BCUT2D eigenvalue weighted by atomic mass is 16.2. The summed E-state index contributed by atoms with van der Waals surface area (Å²) in [7, 11) is 0. The van der Waals surface area contributed by atoms with E-state index in [1.165, 1.54) is 19.3 Å². The molecule has 13 heavy (non-hydrogen) atoms. The number of amides is 1. The molecule has 3 aliphatic rings. The van der Waals surface area contributed by atoms with Crippen LogP contribution < -0.4 is 5.32 Å². The number of nitrogens with one attached hydrogen (secondary N) is 1. The van der Waals surface area contributed by atoms with Gasteiger partial charge >= 0.3 is 0 Å². The van der Waals surface area contributed by atoms with Crippen LogP contribution >= 0.6 is 0 Å². The Morgan fingerprint density at radius 3 is 2.62 bits per heavy atom. The number of piperidine rings is 1. The van der Waals surface area contributed by atoms with Gasteiger partial charge in [-0.1, -0.05) is 0 Å². The van der Waals surface area contributed by atoms with Crippen molar-refractivity contribution >= 4 is 5.91 Å². The molecule has 0 aromatic rings. The lowest BCUT2D eigenvalue weighted by molar-refractivity contribution is -0.138. The van der Waals surface area contributed by atoms with Gasteiger partial charge in [0.25, 0.3) is 0 Å². The molecule has 1 aliphatic carbocycles. The minimum atomic E-state index is 0.305. The van der Waals surface area contributed by atoms with Gasteiger partial charge in [0.05, 0.1) is 5.92 Å². The molecule has 2 heterocycles. The van der Waals surface area contributed by atoms with Gasteiger partial charge in [0.2, 0.25) is 5.91 Å². The lowest BCUT2D eigenvalue weighted by Crippen LogP contribution is -2.53. The number of carbonyl (C=O) groups excluding carboxylic acids is 1. The summed E-state index contributed by atoms with van der Waals surface area (Å²) in [6.45, 7) is 2.87. The molecule has 3 rings (SSSR count). The van der Waals surface area contributed by atoms with E-state index in [-0.39, 0.29) is 0 Å². The molecule has 2 atom stereocenters. The first-order valence-corrected chi connectivity index (χ1v) is 5.36. The molecule has 0 spiro atoms. The van der Waals surface area contributed by atoms with Gasteiger partial charge < -0.3 is 10.2 Å². The number of rotatable bonds is 1. The maximum absolute atomic E-state index is 11.9. The molecule has 3 heteroatoms. The Morgan fingerprint density at radius 2 is 2.15 bits per heavy atom. The van der Waals surface area contributed by atoms with E-state index in [0.29, 0.717) is 17.9 Å². The molecule has 1 N–H and O–H groups in total. The summed E-state index contributed by atoms with van der Waals surface area (Å²) in [5, 5.41) is 3.16. The van der Waals surface area contributed by atoms with Crippen molar-refractivity contribution in [1.82, 2.24) is 10.2 Å². The number of likely N-dealkylation sites (tertiary alicyclic amines) is 1. The van der Waals surface area contributed by atoms with Crippen LogP contribution in [0.15, 0.2) is 0 Å². The van der Waals surface area contributed by atoms with E-state index in [1.807, 2.05) is 0 Å². The molecule has 3 nitrogen and oxygen atoms in total. The Kier molecular flexibility index (Phi) is 1.62. The van der Waals surface area contributed by atoms with Crippen LogP contribution in [0.25, 0.3) is 0 Å². The standard InChI is InChI=1S/C10H16N2O/c13-10(8-4-11-5-8)12-6-7-1-2-9(12)3-7/h7-9,11H,1-6H2/t7-,9-/m0/s1. The highest BCUT2D eigenvalue weighted by molar-refractivity contribution is 5.81. The minimum Gasteiger partial charge on any atom is -0.339 e. The van der Waals surface area contributed by atoms with Crippen LogP contribution in [0.1, 0.15) is 19.3 Å². The number of fused-ring (bicyclic) bond motifs is 2. The average molecular weight is 180 g/mol. The first kappa shape index (κ1) is 7.80. The normalized spacial score (nSPS) is 38.0. The minimum absolute atomic E-state index is 0.305. The quantitative estimate of drug-likeness (QED) is 0.626. The van der Waals surface area contributed by atoms with Gasteiger partial charge in [-0.15, -0.1) is 0 Å². The van der Waals surface area contributed by atoms with Crippen molar-refractivity contribution in [3.05, 3.63) is 0 Å². The summed E-state index contributed by atoms with van der Waals surface area (Å²) in [5.74, 6) is 1.56. The van der Waals surface area contributed by atoms with E-state index in [9.17, 15) is 4.79 Å². The lowest BCUT2D eigenvalue weighted by atomic mass is 10.00. The van der Waals surface area contributed by atoms with Crippen molar-refractivity contribution in [1.29, 1.82) is 0 Å². The summed E-state index contributed by atoms with van der Waals surface area (Å²) >= 11 is 0. The summed E-state index contributed by atoms with van der Waals surface area (Å²) in [6.07, 6.45) is 3.90. The monoisotopic (exact) mass is 180 g/mol. The third-order valence-corrected chi connectivity index (χ3v) is 3.82. The van der Waals surface area contributed by atoms with Crippen molar-refractivity contribution in [3.63, 3.8) is 0 Å². The second-order valence-electron chi connectivity index (χ2n) is 4.68. The Balaban J connectivity index is 1.68. The largest absolute Gasteiger partial charge is 0.339 e. The Bertz CT molecular complexity index is 237. The van der Waals surface area contributed by atoms with Crippen molar-refractivity contribution < 1.29 is 4.79 Å². The van der Waals surface area contributed by atoms with Gasteiger partial charge in [-0.05, 0) is 25.2 Å². The molecule has 72 valence electrons. The molecule has 0 aromatic heterocycles. The van der Waals surface area contributed by atoms with E-state index < -0.39 is 0 Å². The zero-order valence-corrected chi connectivity index (χ0v) is 7.83. The third kappa shape index (κ3) is 1.10. The van der Waals surface area contributed by atoms with Crippen LogP contribution in [0.2, 0.25) is 0 Å². The van der Waals surface area contributed by atoms with Crippen molar-refractivity contribution in [2.45, 2.75) is 25.3 Å². The highest BCUT2D eigenvalue weighted by Crippen LogP contribution is 2.38. The van der Waals surface area contributed by atoms with Gasteiger partial charge in [0.1, 0.15) is 0 Å². The zero-order chi connectivity index (χ0) is 8.84. The predicted octanol–water partition coefficient (Wildman–Crippen LogP) is 0.217. The smallest absolute Gasteiger partial charge is 0.228 e.